The van der Waals surface area contributed by atoms with Gasteiger partial charge in [0, 0.05) is 6.42 Å². The van der Waals surface area contributed by atoms with E-state index in [9.17, 15) is 4.79 Å². The molecule has 0 unspecified atom stereocenters. The maximum atomic E-state index is 11.0. The zero-order valence-electron chi connectivity index (χ0n) is 7.24. The summed E-state index contributed by atoms with van der Waals surface area (Å²) >= 11 is 22.9. The van der Waals surface area contributed by atoms with E-state index in [4.69, 9.17) is 46.4 Å². The predicted molar refractivity (Wildman–Crippen MR) is 55.8 cm³/mol. The maximum absolute atomic E-state index is 11.0. The van der Waals surface area contributed by atoms with Crippen LogP contribution in [0.1, 0.15) is 19.8 Å². The van der Waals surface area contributed by atoms with Crippen LogP contribution in [0.3, 0.4) is 0 Å². The molecular formula is C7H10Cl4O2. The number of methoxy groups -OCH3 is 1. The minimum absolute atomic E-state index is 0.0740. The quantitative estimate of drug-likeness (QED) is 0.577. The van der Waals surface area contributed by atoms with Gasteiger partial charge in [-0.05, 0) is 6.42 Å². The third-order valence-electron chi connectivity index (χ3n) is 1.48. The Hall–Kier alpha value is 0.630. The van der Waals surface area contributed by atoms with Crippen molar-refractivity contribution in [1.29, 1.82) is 0 Å². The molecule has 0 saturated heterocycles. The highest BCUT2D eigenvalue weighted by atomic mass is 35.5. The molecular weight excluding hydrogens is 258 g/mol. The Morgan fingerprint density at radius 3 is 2.08 bits per heavy atom. The molecule has 0 amide bonds. The van der Waals surface area contributed by atoms with Crippen LogP contribution in [0.15, 0.2) is 0 Å². The van der Waals surface area contributed by atoms with E-state index >= 15 is 0 Å². The predicted octanol–water partition coefficient (Wildman–Crippen LogP) is 3.31. The van der Waals surface area contributed by atoms with Gasteiger partial charge in [0.1, 0.15) is 4.33 Å². The van der Waals surface area contributed by atoms with Crippen molar-refractivity contribution >= 4 is 52.4 Å². The van der Waals surface area contributed by atoms with E-state index in [1.807, 2.05) is 0 Å². The fourth-order valence-corrected chi connectivity index (χ4v) is 1.96. The van der Waals surface area contributed by atoms with E-state index in [1.165, 1.54) is 7.11 Å². The molecule has 0 aromatic rings. The van der Waals surface area contributed by atoms with Crippen molar-refractivity contribution in [3.8, 4) is 0 Å². The molecule has 0 spiro atoms. The summed E-state index contributed by atoms with van der Waals surface area (Å²) in [5.74, 6) is -0.755. The lowest BCUT2D eigenvalue weighted by Crippen LogP contribution is -2.33. The van der Waals surface area contributed by atoms with Gasteiger partial charge in [-0.15, -0.1) is 23.2 Å². The number of rotatable bonds is 4. The monoisotopic (exact) mass is 266 g/mol. The molecule has 0 aromatic carbocycles. The van der Waals surface area contributed by atoms with Crippen molar-refractivity contribution in [3.05, 3.63) is 0 Å². The first-order chi connectivity index (χ1) is 5.75. The maximum Gasteiger partial charge on any atom is 0.342 e. The Balaban J connectivity index is 4.41. The van der Waals surface area contributed by atoms with E-state index < -0.39 is 14.6 Å². The fourth-order valence-electron chi connectivity index (χ4n) is 0.671. The van der Waals surface area contributed by atoms with E-state index in [1.54, 1.807) is 6.92 Å². The van der Waals surface area contributed by atoms with Crippen LogP contribution in [0, 0.1) is 0 Å². The van der Waals surface area contributed by atoms with Crippen LogP contribution < -0.4 is 0 Å². The lowest BCUT2D eigenvalue weighted by molar-refractivity contribution is -0.141. The second-order valence-corrected chi connectivity index (χ2v) is 5.71. The number of halogens is 4. The zero-order valence-corrected chi connectivity index (χ0v) is 10.3. The molecule has 0 heterocycles. The second-order valence-electron chi connectivity index (χ2n) is 2.58. The molecule has 0 radical (unpaired) electrons. The van der Waals surface area contributed by atoms with E-state index in [0.29, 0.717) is 6.42 Å². The summed E-state index contributed by atoms with van der Waals surface area (Å²) in [6, 6.07) is 0. The third-order valence-corrected chi connectivity index (χ3v) is 2.86. The third kappa shape index (κ3) is 4.59. The molecule has 0 fully saturated rings. The fraction of sp³-hybridized carbons (Fsp3) is 0.857. The minimum Gasteiger partial charge on any atom is -0.467 e. The lowest BCUT2D eigenvalue weighted by atomic mass is 10.2. The van der Waals surface area contributed by atoms with Gasteiger partial charge in [0.15, 0.2) is 0 Å². The summed E-state index contributed by atoms with van der Waals surface area (Å²) in [4.78, 5) is 11.0. The number of hydrogen-bond donors (Lipinski definition) is 0. The van der Waals surface area contributed by atoms with Gasteiger partial charge in [0.05, 0.1) is 7.11 Å². The molecule has 0 aliphatic heterocycles. The van der Waals surface area contributed by atoms with Crippen LogP contribution in [0.4, 0.5) is 0 Å². The highest BCUT2D eigenvalue weighted by molar-refractivity contribution is 6.59. The van der Waals surface area contributed by atoms with Gasteiger partial charge < -0.3 is 4.74 Å². The van der Waals surface area contributed by atoms with Crippen molar-refractivity contribution < 1.29 is 9.53 Å². The van der Waals surface area contributed by atoms with Gasteiger partial charge in [0.2, 0.25) is 4.33 Å². The molecule has 0 N–H and O–H groups in total. The molecule has 2 nitrogen and oxygen atoms in total. The SMILES string of the molecule is CCC(Cl)(Cl)CC(Cl)(Cl)C(=O)OC. The number of alkyl halides is 4. The average Bonchev–Trinajstić information content (AvgIpc) is 2.01. The number of hydrogen-bond acceptors (Lipinski definition) is 2. The Bertz CT molecular complexity index is 191. The summed E-state index contributed by atoms with van der Waals surface area (Å²) in [7, 11) is 1.19. The summed E-state index contributed by atoms with van der Waals surface area (Å²) in [6.45, 7) is 1.77. The molecule has 13 heavy (non-hydrogen) atoms. The standard InChI is InChI=1S/C7H10Cl4O2/c1-3-6(8,9)4-7(10,11)5(12)13-2/h3-4H2,1-2H3. The molecule has 0 aliphatic rings. The highest BCUT2D eigenvalue weighted by Crippen LogP contribution is 2.40. The smallest absolute Gasteiger partial charge is 0.342 e. The van der Waals surface area contributed by atoms with E-state index in [2.05, 4.69) is 4.74 Å². The normalized spacial score (nSPS) is 12.8. The molecule has 0 atom stereocenters. The first kappa shape index (κ1) is 13.6. The van der Waals surface area contributed by atoms with Gasteiger partial charge in [-0.3, -0.25) is 0 Å². The van der Waals surface area contributed by atoms with Gasteiger partial charge in [-0.25, -0.2) is 4.79 Å². The van der Waals surface area contributed by atoms with Gasteiger partial charge in [0.25, 0.3) is 0 Å². The van der Waals surface area contributed by atoms with Crippen molar-refractivity contribution in [1.82, 2.24) is 0 Å². The van der Waals surface area contributed by atoms with Crippen LogP contribution in [-0.2, 0) is 9.53 Å². The molecule has 0 bridgehead atoms. The Kier molecular flexibility index (Phi) is 5.16. The van der Waals surface area contributed by atoms with E-state index in [0.717, 1.165) is 0 Å². The lowest BCUT2D eigenvalue weighted by Gasteiger charge is -2.24. The van der Waals surface area contributed by atoms with Crippen molar-refractivity contribution in [2.75, 3.05) is 7.11 Å². The first-order valence-electron chi connectivity index (χ1n) is 3.59. The topological polar surface area (TPSA) is 26.3 Å². The number of esters is 1. The van der Waals surface area contributed by atoms with Crippen molar-refractivity contribution in [3.63, 3.8) is 0 Å². The largest absolute Gasteiger partial charge is 0.467 e. The van der Waals surface area contributed by atoms with Crippen molar-refractivity contribution in [2.45, 2.75) is 28.4 Å². The van der Waals surface area contributed by atoms with Crippen LogP contribution in [0.25, 0.3) is 0 Å². The first-order valence-corrected chi connectivity index (χ1v) is 5.10. The minimum atomic E-state index is -1.69. The van der Waals surface area contributed by atoms with Crippen LogP contribution in [0.2, 0.25) is 0 Å². The summed E-state index contributed by atoms with van der Waals surface area (Å²) < 4.78 is 1.59. The Labute approximate surface area is 97.4 Å². The number of carbonyl (C=O) groups excluding carboxylic acids is 1. The summed E-state index contributed by atoms with van der Waals surface area (Å²) in [5, 5.41) is 0. The summed E-state index contributed by atoms with van der Waals surface area (Å²) in [5.41, 5.74) is 0. The molecule has 0 rings (SSSR count). The second kappa shape index (κ2) is 4.92. The average molecular weight is 268 g/mol. The van der Waals surface area contributed by atoms with Gasteiger partial charge in [-0.1, -0.05) is 30.1 Å². The van der Waals surface area contributed by atoms with Gasteiger partial charge in [-0.2, -0.15) is 0 Å². The van der Waals surface area contributed by atoms with Gasteiger partial charge >= 0.3 is 5.97 Å². The molecule has 0 saturated carbocycles. The molecule has 0 aromatic heterocycles. The van der Waals surface area contributed by atoms with Crippen LogP contribution in [0.5, 0.6) is 0 Å². The number of carbonyl (C=O) groups is 1. The molecule has 0 aliphatic carbocycles. The Morgan fingerprint density at radius 1 is 1.31 bits per heavy atom. The van der Waals surface area contributed by atoms with E-state index in [-0.39, 0.29) is 6.42 Å². The Morgan fingerprint density at radius 2 is 1.77 bits per heavy atom. The zero-order chi connectivity index (χ0) is 10.7. The van der Waals surface area contributed by atoms with Crippen LogP contribution in [-0.4, -0.2) is 21.7 Å². The van der Waals surface area contributed by atoms with Crippen molar-refractivity contribution in [2.24, 2.45) is 0 Å². The number of ether oxygens (including phenoxy) is 1. The van der Waals surface area contributed by atoms with Crippen LogP contribution >= 0.6 is 46.4 Å². The molecule has 78 valence electrons. The molecule has 6 heteroatoms. The summed E-state index contributed by atoms with van der Waals surface area (Å²) in [6.07, 6.45) is 0.365. The highest BCUT2D eigenvalue weighted by Gasteiger charge is 2.42.